The molecule has 1 nitrogen and oxygen atoms in total. The average molecular weight is 668 g/mol. The molecule has 0 bridgehead atoms. The van der Waals surface area contributed by atoms with Crippen molar-refractivity contribution in [2.45, 2.75) is 84.1 Å². The topological polar surface area (TPSA) is 23.1 Å². The van der Waals surface area contributed by atoms with E-state index in [0.717, 1.165) is 5.56 Å². The summed E-state index contributed by atoms with van der Waals surface area (Å²) in [6.07, 6.45) is 10.2. The Hall–Kier alpha value is -1.32. The molecular weight excluding hydrogens is 623 g/mol. The van der Waals surface area contributed by atoms with E-state index in [0.29, 0.717) is 5.25 Å². The van der Waals surface area contributed by atoms with E-state index in [1.54, 1.807) is 6.07 Å². The fraction of sp³-hybridized carbons (Fsp3) is 0.371. The van der Waals surface area contributed by atoms with Gasteiger partial charge in [0.2, 0.25) is 0 Å². The Kier molecular flexibility index (Phi) is 14.5. The van der Waals surface area contributed by atoms with Gasteiger partial charge in [0.25, 0.3) is 0 Å². The van der Waals surface area contributed by atoms with Gasteiger partial charge in [0.15, 0.2) is 0 Å². The van der Waals surface area contributed by atoms with Gasteiger partial charge in [0.05, 0.1) is 0 Å². The second kappa shape index (κ2) is 15.8. The largest absolute Gasteiger partial charge is 3.00 e. The molecule has 0 N–H and O–H groups in total. The van der Waals surface area contributed by atoms with Crippen LogP contribution in [0.15, 0.2) is 89.4 Å². The molecule has 0 aromatic heterocycles. The summed E-state index contributed by atoms with van der Waals surface area (Å²) < 4.78 is 0. The van der Waals surface area contributed by atoms with Crippen LogP contribution in [-0.2, 0) is 37.0 Å². The molecule has 40 heavy (non-hydrogen) atoms. The van der Waals surface area contributed by atoms with Crippen LogP contribution in [0.1, 0.15) is 64.7 Å². The van der Waals surface area contributed by atoms with Crippen molar-refractivity contribution in [3.05, 3.63) is 106 Å². The molecule has 5 rings (SSSR count). The zero-order chi connectivity index (χ0) is 28.1. The molecule has 0 fully saturated rings. The van der Waals surface area contributed by atoms with Crippen molar-refractivity contribution in [1.82, 2.24) is 0 Å². The predicted molar refractivity (Wildman–Crippen MR) is 172 cm³/mol. The van der Waals surface area contributed by atoms with E-state index in [-0.39, 0.29) is 63.6 Å². The molecule has 5 heteroatoms. The van der Waals surface area contributed by atoms with Crippen molar-refractivity contribution in [1.29, 1.82) is 0 Å². The minimum absolute atomic E-state index is 0. The Morgan fingerprint density at radius 3 is 2.23 bits per heavy atom. The Bertz CT molecular complexity index is 1350. The van der Waals surface area contributed by atoms with Gasteiger partial charge in [0.1, 0.15) is 0 Å². The number of fused-ring (bicyclic) bond motifs is 2. The first-order chi connectivity index (χ1) is 17.7. The second-order valence-corrected chi connectivity index (χ2v) is 16.4. The Morgan fingerprint density at radius 2 is 1.65 bits per heavy atom. The van der Waals surface area contributed by atoms with E-state index >= 15 is 0 Å². The molecule has 1 heterocycles. The third-order valence-electron chi connectivity index (χ3n) is 6.63. The summed E-state index contributed by atoms with van der Waals surface area (Å²) in [4.78, 5) is 1.47. The molecule has 1 unspecified atom stereocenters. The summed E-state index contributed by atoms with van der Waals surface area (Å²) in [6.45, 7) is 19.6. The van der Waals surface area contributed by atoms with Gasteiger partial charge in [0, 0.05) is 10.2 Å². The maximum absolute atomic E-state index is 11.7. The van der Waals surface area contributed by atoms with Crippen molar-refractivity contribution in [3.63, 3.8) is 0 Å². The fourth-order valence-electron chi connectivity index (χ4n) is 4.42. The van der Waals surface area contributed by atoms with Crippen LogP contribution in [0, 0.1) is 6.92 Å². The number of hydrogen-bond acceptors (Lipinski definition) is 2. The van der Waals surface area contributed by atoms with Crippen LogP contribution in [0.4, 0.5) is 0 Å². The maximum atomic E-state index is 11.7. The summed E-state index contributed by atoms with van der Waals surface area (Å²) in [5.41, 5.74) is 7.48. The SMILES string of the molecule is CC(C)(C)c1ccc([O-])c(C(C)(C)C)c1.C[Si](C)=CCC1C=C2C=CC=C2S1.Cc1cc2ccccc2[cH-]1.[Cl-].[Zr+3]. The van der Waals surface area contributed by atoms with Crippen LogP contribution < -0.4 is 17.5 Å². The zero-order valence-electron chi connectivity index (χ0n) is 25.6. The Morgan fingerprint density at radius 1 is 0.975 bits per heavy atom. The minimum Gasteiger partial charge on any atom is -1.00 e. The quantitative estimate of drug-likeness (QED) is 0.239. The molecule has 2 aliphatic rings. The van der Waals surface area contributed by atoms with Crippen LogP contribution in [0.3, 0.4) is 0 Å². The molecule has 0 saturated heterocycles. The van der Waals surface area contributed by atoms with Gasteiger partial charge in [-0.25, -0.2) is 0 Å². The van der Waals surface area contributed by atoms with Gasteiger partial charge in [-0.15, -0.1) is 63.8 Å². The van der Waals surface area contributed by atoms with Gasteiger partial charge in [-0.3, -0.25) is 0 Å². The molecule has 1 aliphatic heterocycles. The van der Waals surface area contributed by atoms with E-state index in [4.69, 9.17) is 0 Å². The van der Waals surface area contributed by atoms with Crippen molar-refractivity contribution in [2.24, 2.45) is 0 Å². The Labute approximate surface area is 274 Å². The Balaban J connectivity index is 0.000000297. The number of thioether (sulfide) groups is 1. The van der Waals surface area contributed by atoms with Crippen molar-refractivity contribution >= 4 is 36.6 Å². The molecule has 1 radical (unpaired) electrons. The summed E-state index contributed by atoms with van der Waals surface area (Å²) in [6, 6.07) is 18.5. The third-order valence-corrected chi connectivity index (χ3v) is 8.94. The molecule has 211 valence electrons. The number of hydrogen-bond donors (Lipinski definition) is 0. The first-order valence-corrected chi connectivity index (χ1v) is 17.0. The molecule has 0 spiro atoms. The van der Waals surface area contributed by atoms with Gasteiger partial charge >= 0.3 is 26.2 Å². The molecule has 3 aromatic carbocycles. The molecular formula is C35H44ClOSSiZr. The second-order valence-electron chi connectivity index (χ2n) is 12.6. The minimum atomic E-state index is -0.150. The molecule has 1 aliphatic carbocycles. The van der Waals surface area contributed by atoms with Crippen molar-refractivity contribution in [3.8, 4) is 5.75 Å². The smallest absolute Gasteiger partial charge is 1.00 e. The summed E-state index contributed by atoms with van der Waals surface area (Å²) in [7, 11) is -0.150. The summed E-state index contributed by atoms with van der Waals surface area (Å²) in [5, 5.41) is 15.2. The molecule has 3 aromatic rings. The number of aryl methyl sites for hydroxylation is 1. The van der Waals surface area contributed by atoms with E-state index in [2.05, 4.69) is 134 Å². The van der Waals surface area contributed by atoms with Gasteiger partial charge in [-0.2, -0.15) is 6.07 Å². The maximum Gasteiger partial charge on any atom is 3.00 e. The van der Waals surface area contributed by atoms with E-state index in [1.807, 2.05) is 17.8 Å². The van der Waals surface area contributed by atoms with Gasteiger partial charge in [-0.05, 0) is 42.9 Å². The van der Waals surface area contributed by atoms with Gasteiger partial charge < -0.3 is 17.5 Å². The number of benzene rings is 2. The van der Waals surface area contributed by atoms with Crippen LogP contribution in [0.25, 0.3) is 10.8 Å². The number of allylic oxidation sites excluding steroid dienone is 4. The monoisotopic (exact) mass is 665 g/mol. The first-order valence-electron chi connectivity index (χ1n) is 13.6. The zero-order valence-corrected chi connectivity index (χ0v) is 30.6. The molecule has 1 atom stereocenters. The van der Waals surface area contributed by atoms with Crippen molar-refractivity contribution < 1.29 is 43.7 Å². The predicted octanol–water partition coefficient (Wildman–Crippen LogP) is 6.23. The first kappa shape index (κ1) is 36.7. The van der Waals surface area contributed by atoms with Crippen LogP contribution in [-0.4, -0.2) is 19.3 Å². The fourth-order valence-corrected chi connectivity index (χ4v) is 6.48. The van der Waals surface area contributed by atoms with Crippen LogP contribution in [0.2, 0.25) is 13.1 Å². The summed E-state index contributed by atoms with van der Waals surface area (Å²) >= 11 is 2.01. The third kappa shape index (κ3) is 10.8. The molecule has 0 saturated carbocycles. The number of rotatable bonds is 2. The average Bonchev–Trinajstić information content (AvgIpc) is 3.51. The van der Waals surface area contributed by atoms with E-state index < -0.39 is 0 Å². The van der Waals surface area contributed by atoms with E-state index in [1.165, 1.54) is 38.8 Å². The number of halogens is 1. The molecule has 0 amide bonds. The standard InChI is InChI=1S/C14H22O.C11H14SSi.C10H9.ClH.Zr/c1-13(2,3)10-7-8-12(15)11(9-10)14(4,5)6;1-13(2)7-6-10-8-9-4-3-5-11(9)12-10;1-8-6-9-4-2-3-5-10(9)7-8;;/h7-9,15H,1-6H3;3-5,7-8,10H,6H2,1-2H3;2-7H,1H3;1H;/q;;-1;;+3/p-2. The van der Waals surface area contributed by atoms with E-state index in [9.17, 15) is 5.11 Å². The normalized spacial score (nSPS) is 15.3. The van der Waals surface area contributed by atoms with Gasteiger partial charge in [-0.1, -0.05) is 110 Å². The van der Waals surface area contributed by atoms with Crippen LogP contribution >= 0.6 is 11.8 Å². The summed E-state index contributed by atoms with van der Waals surface area (Å²) in [5.74, 6) is 0.149. The van der Waals surface area contributed by atoms with Crippen molar-refractivity contribution in [2.75, 3.05) is 0 Å². The van der Waals surface area contributed by atoms with Crippen LogP contribution in [0.5, 0.6) is 5.75 Å².